The molecule has 0 bridgehead atoms. The highest BCUT2D eigenvalue weighted by atomic mass is 16.2. The van der Waals surface area contributed by atoms with Crippen molar-refractivity contribution in [1.82, 2.24) is 9.55 Å². The topological polar surface area (TPSA) is 95.0 Å². The van der Waals surface area contributed by atoms with E-state index in [2.05, 4.69) is 4.98 Å². The van der Waals surface area contributed by atoms with Crippen LogP contribution in [0.4, 0.5) is 5.69 Å². The third kappa shape index (κ3) is 2.12. The summed E-state index contributed by atoms with van der Waals surface area (Å²) in [5, 5.41) is -0.396. The molecule has 2 atom stereocenters. The van der Waals surface area contributed by atoms with Crippen LogP contribution in [0, 0.1) is 6.85 Å². The Bertz CT molecular complexity index is 1100. The molecule has 1 aromatic heterocycles. The van der Waals surface area contributed by atoms with Gasteiger partial charge in [0.15, 0.2) is 5.78 Å². The Labute approximate surface area is 130 Å². The Morgan fingerprint density at radius 1 is 1.57 bits per heavy atom. The van der Waals surface area contributed by atoms with E-state index in [0.29, 0.717) is 4.57 Å². The summed E-state index contributed by atoms with van der Waals surface area (Å²) in [6.45, 7) is -3.02. The summed E-state index contributed by atoms with van der Waals surface area (Å²) in [4.78, 5) is 41.2. The lowest BCUT2D eigenvalue weighted by Gasteiger charge is -2.24. The standard InChI is InChI=1S/C15H15N3O3/c1-8-17-11-4-2-3-10(16)14(11)15(21)18(8)12-6-5-9(19)7-13(12)20/h2-4,12H,5-7,16H2,1H3/i1D3,2D,3D,5D,12D. The number of nitrogen functional groups attached to an aromatic ring is 1. The molecule has 6 nitrogen and oxygen atoms in total. The molecule has 6 heteroatoms. The van der Waals surface area contributed by atoms with Gasteiger partial charge < -0.3 is 5.73 Å². The van der Waals surface area contributed by atoms with Gasteiger partial charge in [-0.1, -0.05) is 6.04 Å². The summed E-state index contributed by atoms with van der Waals surface area (Å²) in [6.07, 6.45) is -2.99. The summed E-state index contributed by atoms with van der Waals surface area (Å²) >= 11 is 0. The molecule has 2 aromatic rings. The number of aromatic nitrogens is 2. The van der Waals surface area contributed by atoms with Crippen LogP contribution in [0.1, 0.15) is 40.7 Å². The van der Waals surface area contributed by atoms with E-state index in [9.17, 15) is 14.4 Å². The Morgan fingerprint density at radius 2 is 2.38 bits per heavy atom. The van der Waals surface area contributed by atoms with Crippen LogP contribution in [0.2, 0.25) is 0 Å². The monoisotopic (exact) mass is 292 g/mol. The van der Waals surface area contributed by atoms with Crippen LogP contribution in [-0.2, 0) is 9.59 Å². The fraction of sp³-hybridized carbons (Fsp3) is 0.333. The zero-order valence-corrected chi connectivity index (χ0v) is 10.8. The van der Waals surface area contributed by atoms with Crippen LogP contribution in [0.3, 0.4) is 0 Å². The minimum absolute atomic E-state index is 0.253. The number of carbonyl (C=O) groups excluding carboxylic acids is 2. The number of ketones is 2. The van der Waals surface area contributed by atoms with Crippen LogP contribution < -0.4 is 11.3 Å². The Kier molecular flexibility index (Phi) is 1.71. The average molecular weight is 292 g/mol. The second-order valence-corrected chi connectivity index (χ2v) is 4.58. The number of benzene rings is 1. The quantitative estimate of drug-likeness (QED) is 0.628. The Morgan fingerprint density at radius 3 is 3.14 bits per heavy atom. The maximum atomic E-state index is 13.1. The van der Waals surface area contributed by atoms with Gasteiger partial charge in [-0.05, 0) is 25.4 Å². The molecule has 1 aliphatic carbocycles. The van der Waals surface area contributed by atoms with Gasteiger partial charge >= 0.3 is 0 Å². The second kappa shape index (κ2) is 4.80. The van der Waals surface area contributed by atoms with Gasteiger partial charge in [0.2, 0.25) is 0 Å². The van der Waals surface area contributed by atoms with Crippen molar-refractivity contribution in [2.75, 3.05) is 5.73 Å². The van der Waals surface area contributed by atoms with Crippen LogP contribution >= 0.6 is 0 Å². The highest BCUT2D eigenvalue weighted by molar-refractivity contribution is 6.03. The van der Waals surface area contributed by atoms with E-state index in [0.717, 1.165) is 6.07 Å². The molecule has 108 valence electrons. The summed E-state index contributed by atoms with van der Waals surface area (Å²) in [7, 11) is 0. The van der Waals surface area contributed by atoms with Crippen molar-refractivity contribution in [3.8, 4) is 0 Å². The first-order valence-corrected chi connectivity index (χ1v) is 6.10. The first kappa shape index (κ1) is 7.49. The molecule has 2 N–H and O–H groups in total. The molecule has 0 aliphatic heterocycles. The largest absolute Gasteiger partial charge is 0.398 e. The molecule has 0 radical (unpaired) electrons. The number of hydrogen-bond donors (Lipinski definition) is 1. The molecule has 1 aliphatic rings. The van der Waals surface area contributed by atoms with E-state index in [1.165, 1.54) is 0 Å². The maximum Gasteiger partial charge on any atom is 0.264 e. The third-order valence-electron chi connectivity index (χ3n) is 3.25. The third-order valence-corrected chi connectivity index (χ3v) is 3.25. The van der Waals surface area contributed by atoms with Gasteiger partial charge in [-0.3, -0.25) is 19.0 Å². The lowest BCUT2D eigenvalue weighted by Crippen LogP contribution is -2.36. The van der Waals surface area contributed by atoms with Gasteiger partial charge in [0.25, 0.3) is 5.56 Å². The fourth-order valence-electron chi connectivity index (χ4n) is 2.26. The van der Waals surface area contributed by atoms with E-state index < -0.39 is 72.2 Å². The van der Waals surface area contributed by atoms with Crippen molar-refractivity contribution in [3.05, 3.63) is 34.3 Å². The molecule has 0 spiro atoms. The molecule has 0 saturated heterocycles. The molecule has 3 rings (SSSR count). The summed E-state index contributed by atoms with van der Waals surface area (Å²) in [6, 6.07) is -2.39. The smallest absolute Gasteiger partial charge is 0.264 e. The van der Waals surface area contributed by atoms with Crippen LogP contribution in [0.5, 0.6) is 0 Å². The molecule has 1 fully saturated rings. The van der Waals surface area contributed by atoms with Crippen LogP contribution in [0.15, 0.2) is 22.9 Å². The molecule has 1 heterocycles. The van der Waals surface area contributed by atoms with Crippen molar-refractivity contribution in [2.24, 2.45) is 0 Å². The Balaban J connectivity index is 2.48. The maximum absolute atomic E-state index is 13.1. The zero-order chi connectivity index (χ0) is 21.2. The number of anilines is 1. The number of nitrogens with two attached hydrogens (primary N) is 1. The number of hydrogen-bond acceptors (Lipinski definition) is 5. The van der Waals surface area contributed by atoms with Crippen LogP contribution in [-0.4, -0.2) is 21.1 Å². The van der Waals surface area contributed by atoms with Gasteiger partial charge in [-0.2, -0.15) is 0 Å². The first-order chi connectivity index (χ1) is 12.8. The van der Waals surface area contributed by atoms with Crippen molar-refractivity contribution < 1.29 is 19.2 Å². The first-order valence-electron chi connectivity index (χ1n) is 9.68. The summed E-state index contributed by atoms with van der Waals surface area (Å²) < 4.78 is 55.2. The van der Waals surface area contributed by atoms with E-state index >= 15 is 0 Å². The lowest BCUT2D eigenvalue weighted by atomic mass is 9.92. The predicted molar refractivity (Wildman–Crippen MR) is 78.1 cm³/mol. The van der Waals surface area contributed by atoms with Gasteiger partial charge in [-0.15, -0.1) is 0 Å². The van der Waals surface area contributed by atoms with Crippen molar-refractivity contribution >= 4 is 28.2 Å². The highest BCUT2D eigenvalue weighted by Gasteiger charge is 2.30. The molecular weight excluding hydrogens is 270 g/mol. The number of Topliss-reactive ketones (excluding diaryl/α,β-unsaturated/α-hetero) is 2. The van der Waals surface area contributed by atoms with E-state index in [1.54, 1.807) is 0 Å². The Hall–Kier alpha value is -2.50. The molecule has 21 heavy (non-hydrogen) atoms. The summed E-state index contributed by atoms with van der Waals surface area (Å²) in [5.41, 5.74) is 3.93. The van der Waals surface area contributed by atoms with E-state index in [1.807, 2.05) is 0 Å². The zero-order valence-electron chi connectivity index (χ0n) is 17.8. The van der Waals surface area contributed by atoms with Gasteiger partial charge in [0.05, 0.1) is 27.5 Å². The molecule has 1 aromatic carbocycles. The number of aryl methyl sites for hydroxylation is 1. The number of nitrogens with zero attached hydrogens (tertiary/aromatic N) is 2. The second-order valence-electron chi connectivity index (χ2n) is 4.58. The molecular formula is C15H15N3O3. The van der Waals surface area contributed by atoms with Crippen molar-refractivity contribution in [3.63, 3.8) is 0 Å². The van der Waals surface area contributed by atoms with E-state index in [-0.39, 0.29) is 11.6 Å². The van der Waals surface area contributed by atoms with E-state index in [4.69, 9.17) is 15.3 Å². The highest BCUT2D eigenvalue weighted by Crippen LogP contribution is 2.24. The van der Waals surface area contributed by atoms with Gasteiger partial charge in [0, 0.05) is 17.6 Å². The number of fused-ring (bicyclic) bond motifs is 1. The fourth-order valence-corrected chi connectivity index (χ4v) is 2.26. The van der Waals surface area contributed by atoms with Crippen molar-refractivity contribution in [2.45, 2.75) is 32.1 Å². The minimum Gasteiger partial charge on any atom is -0.398 e. The average Bonchev–Trinajstić information content (AvgIpc) is 2.56. The summed E-state index contributed by atoms with van der Waals surface area (Å²) in [5.74, 6) is -2.64. The molecule has 2 unspecified atom stereocenters. The lowest BCUT2D eigenvalue weighted by molar-refractivity contribution is -0.132. The van der Waals surface area contributed by atoms with Crippen molar-refractivity contribution in [1.29, 1.82) is 0 Å². The number of carbonyl (C=O) groups is 2. The molecule has 0 amide bonds. The van der Waals surface area contributed by atoms with Gasteiger partial charge in [0.1, 0.15) is 11.6 Å². The van der Waals surface area contributed by atoms with Gasteiger partial charge in [-0.25, -0.2) is 4.98 Å². The number of rotatable bonds is 1. The predicted octanol–water partition coefficient (Wildman–Crippen LogP) is 1.15. The SMILES string of the molecule is [2H]c1cc2nc(C([2H])([2H])[2H])n(C3([2H])CC([2H])C(=O)CC3=O)c(=O)c2c(N)c1[2H]. The molecule has 1 saturated carbocycles. The van der Waals surface area contributed by atoms with Crippen LogP contribution in [0.25, 0.3) is 10.9 Å². The minimum atomic E-state index is -3.02. The normalized spacial score (nSPS) is 31.6.